The molecule has 1 N–H and O–H groups in total. The van der Waals surface area contributed by atoms with Gasteiger partial charge in [-0.2, -0.15) is 9.67 Å². The Morgan fingerprint density at radius 2 is 1.75 bits per heavy atom. The second-order valence-corrected chi connectivity index (χ2v) is 7.58. The molecule has 156 valence electrons. The summed E-state index contributed by atoms with van der Waals surface area (Å²) in [5, 5.41) is 9.71. The third-order valence-electron chi connectivity index (χ3n) is 5.31. The second-order valence-electron chi connectivity index (χ2n) is 7.58. The van der Waals surface area contributed by atoms with E-state index in [9.17, 15) is 4.79 Å². The quantitative estimate of drug-likeness (QED) is 0.429. The number of aromatic nitrogens is 4. The first-order chi connectivity index (χ1) is 15.7. The molecule has 0 bridgehead atoms. The van der Waals surface area contributed by atoms with Crippen molar-refractivity contribution in [3.8, 4) is 11.4 Å². The first-order valence-corrected chi connectivity index (χ1v) is 10.4. The van der Waals surface area contributed by atoms with E-state index >= 15 is 0 Å². The number of carbonyl (C=O) groups is 1. The lowest BCUT2D eigenvalue weighted by molar-refractivity contribution is 0.0949. The van der Waals surface area contributed by atoms with Gasteiger partial charge in [-0.25, -0.2) is 0 Å². The van der Waals surface area contributed by atoms with Gasteiger partial charge in [-0.05, 0) is 41.5 Å². The zero-order chi connectivity index (χ0) is 21.9. The Labute approximate surface area is 185 Å². The summed E-state index contributed by atoms with van der Waals surface area (Å²) < 4.78 is 1.35. The van der Waals surface area contributed by atoms with Crippen molar-refractivity contribution in [2.75, 3.05) is 5.32 Å². The fraction of sp³-hybridized carbons (Fsp3) is 0.0769. The number of benzene rings is 3. The predicted molar refractivity (Wildman–Crippen MR) is 125 cm³/mol. The van der Waals surface area contributed by atoms with Crippen LogP contribution in [-0.4, -0.2) is 25.7 Å². The molecule has 0 saturated carbocycles. The van der Waals surface area contributed by atoms with Crippen molar-refractivity contribution in [3.05, 3.63) is 108 Å². The monoisotopic (exact) mass is 419 g/mol. The number of nitrogens with one attached hydrogen (secondary N) is 1. The maximum atomic E-state index is 13.6. The third kappa shape index (κ3) is 3.86. The maximum absolute atomic E-state index is 13.6. The molecule has 0 atom stereocenters. The molecule has 0 radical (unpaired) electrons. The van der Waals surface area contributed by atoms with Crippen LogP contribution in [0.5, 0.6) is 0 Å². The van der Waals surface area contributed by atoms with Gasteiger partial charge in [0.25, 0.3) is 5.91 Å². The highest BCUT2D eigenvalue weighted by molar-refractivity contribution is 6.08. The number of hydrogen-bond acceptors (Lipinski definition) is 5. The van der Waals surface area contributed by atoms with Crippen LogP contribution in [0, 0.1) is 6.92 Å². The molecule has 0 aliphatic rings. The average Bonchev–Trinajstić information content (AvgIpc) is 3.28. The minimum atomic E-state index is -0.240. The summed E-state index contributed by atoms with van der Waals surface area (Å²) in [4.78, 5) is 22.4. The van der Waals surface area contributed by atoms with Gasteiger partial charge in [-0.3, -0.25) is 9.78 Å². The number of fused-ring (bicyclic) bond motifs is 1. The van der Waals surface area contributed by atoms with E-state index in [1.54, 1.807) is 12.4 Å². The fourth-order valence-electron chi connectivity index (χ4n) is 3.60. The van der Waals surface area contributed by atoms with Crippen LogP contribution in [-0.2, 0) is 6.54 Å². The zero-order valence-electron chi connectivity index (χ0n) is 17.6. The number of anilines is 1. The third-order valence-corrected chi connectivity index (χ3v) is 5.31. The lowest BCUT2D eigenvalue weighted by atomic mass is 10.0. The van der Waals surface area contributed by atoms with Crippen LogP contribution in [0.25, 0.3) is 22.2 Å². The van der Waals surface area contributed by atoms with Gasteiger partial charge in [0, 0.05) is 30.1 Å². The van der Waals surface area contributed by atoms with Gasteiger partial charge in [0.15, 0.2) is 5.82 Å². The molecule has 2 heterocycles. The highest BCUT2D eigenvalue weighted by atomic mass is 16.2. The van der Waals surface area contributed by atoms with Gasteiger partial charge in [0.05, 0.1) is 0 Å². The lowest BCUT2D eigenvalue weighted by Gasteiger charge is -2.09. The van der Waals surface area contributed by atoms with E-state index in [4.69, 9.17) is 0 Å². The van der Waals surface area contributed by atoms with Gasteiger partial charge < -0.3 is 5.32 Å². The van der Waals surface area contributed by atoms with Crippen molar-refractivity contribution in [3.63, 3.8) is 0 Å². The van der Waals surface area contributed by atoms with E-state index in [0.717, 1.165) is 21.9 Å². The first-order valence-electron chi connectivity index (χ1n) is 10.4. The molecular weight excluding hydrogens is 398 g/mol. The number of pyridine rings is 1. The van der Waals surface area contributed by atoms with Gasteiger partial charge in [0.2, 0.25) is 5.95 Å². The molecule has 5 rings (SSSR count). The highest BCUT2D eigenvalue weighted by Gasteiger charge is 2.20. The van der Waals surface area contributed by atoms with Crippen LogP contribution in [0.2, 0.25) is 0 Å². The summed E-state index contributed by atoms with van der Waals surface area (Å²) in [5.41, 5.74) is 3.60. The van der Waals surface area contributed by atoms with E-state index in [0.29, 0.717) is 23.9 Å². The molecule has 0 fully saturated rings. The van der Waals surface area contributed by atoms with Crippen molar-refractivity contribution in [2.24, 2.45) is 0 Å². The molecule has 0 aliphatic heterocycles. The smallest absolute Gasteiger partial charge is 0.282 e. The van der Waals surface area contributed by atoms with Crippen LogP contribution >= 0.6 is 0 Å². The van der Waals surface area contributed by atoms with E-state index in [2.05, 4.69) is 51.6 Å². The summed E-state index contributed by atoms with van der Waals surface area (Å²) in [6, 6.07) is 25.4. The normalized spacial score (nSPS) is 10.9. The Hall–Kier alpha value is -4.32. The van der Waals surface area contributed by atoms with Gasteiger partial charge >= 0.3 is 0 Å². The number of hydrogen-bond donors (Lipinski definition) is 1. The SMILES string of the molecule is Cc1ccc(CNc2nc(-c3cccnc3)nn2C(=O)c2cccc3ccccc23)cc1. The Morgan fingerprint density at radius 1 is 0.938 bits per heavy atom. The Morgan fingerprint density at radius 3 is 2.56 bits per heavy atom. The second kappa shape index (κ2) is 8.43. The van der Waals surface area contributed by atoms with Gasteiger partial charge in [-0.1, -0.05) is 66.2 Å². The molecular formula is C26H21N5O. The average molecular weight is 419 g/mol. The standard InChI is InChI=1S/C26H21N5O/c1-18-11-13-19(14-12-18)16-28-26-29-24(21-8-5-15-27-17-21)30-31(26)25(32)23-10-4-7-20-6-2-3-9-22(20)23/h2-15,17H,16H2,1H3,(H,28,29,30). The lowest BCUT2D eigenvalue weighted by Crippen LogP contribution is -2.18. The summed E-state index contributed by atoms with van der Waals surface area (Å²) >= 11 is 0. The summed E-state index contributed by atoms with van der Waals surface area (Å²) in [6.07, 6.45) is 3.38. The van der Waals surface area contributed by atoms with Crippen molar-refractivity contribution >= 4 is 22.6 Å². The van der Waals surface area contributed by atoms with Gasteiger partial charge in [0.1, 0.15) is 0 Å². The van der Waals surface area contributed by atoms with Crippen LogP contribution in [0.15, 0.2) is 91.3 Å². The molecule has 0 spiro atoms. The van der Waals surface area contributed by atoms with E-state index in [1.165, 1.54) is 10.2 Å². The molecule has 2 aromatic heterocycles. The molecule has 32 heavy (non-hydrogen) atoms. The summed E-state index contributed by atoms with van der Waals surface area (Å²) in [6.45, 7) is 2.57. The Kier molecular flexibility index (Phi) is 5.17. The summed E-state index contributed by atoms with van der Waals surface area (Å²) in [5.74, 6) is 0.594. The topological polar surface area (TPSA) is 72.7 Å². The first kappa shape index (κ1) is 19.6. The van der Waals surface area contributed by atoms with Crippen LogP contribution in [0.3, 0.4) is 0 Å². The van der Waals surface area contributed by atoms with Crippen molar-refractivity contribution < 1.29 is 4.79 Å². The molecule has 0 unspecified atom stereocenters. The number of nitrogens with zero attached hydrogens (tertiary/aromatic N) is 4. The Bertz CT molecular complexity index is 1390. The number of rotatable bonds is 5. The number of carbonyl (C=O) groups excluding carboxylic acids is 1. The van der Waals surface area contributed by atoms with Crippen LogP contribution in [0.4, 0.5) is 5.95 Å². The molecule has 6 nitrogen and oxygen atoms in total. The van der Waals surface area contributed by atoms with E-state index in [1.807, 2.05) is 54.6 Å². The van der Waals surface area contributed by atoms with E-state index in [-0.39, 0.29) is 5.91 Å². The van der Waals surface area contributed by atoms with Gasteiger partial charge in [-0.15, -0.1) is 5.10 Å². The summed E-state index contributed by atoms with van der Waals surface area (Å²) in [7, 11) is 0. The Balaban J connectivity index is 1.55. The van der Waals surface area contributed by atoms with Crippen molar-refractivity contribution in [2.45, 2.75) is 13.5 Å². The molecule has 6 heteroatoms. The minimum absolute atomic E-state index is 0.240. The molecule has 0 amide bonds. The number of aryl methyl sites for hydroxylation is 1. The minimum Gasteiger partial charge on any atom is -0.350 e. The van der Waals surface area contributed by atoms with Crippen LogP contribution < -0.4 is 5.32 Å². The molecule has 3 aromatic carbocycles. The molecule has 5 aromatic rings. The highest BCUT2D eigenvalue weighted by Crippen LogP contribution is 2.23. The van der Waals surface area contributed by atoms with Crippen LogP contribution in [0.1, 0.15) is 21.5 Å². The van der Waals surface area contributed by atoms with Crippen molar-refractivity contribution in [1.29, 1.82) is 0 Å². The largest absolute Gasteiger partial charge is 0.350 e. The molecule has 0 aliphatic carbocycles. The fourth-order valence-corrected chi connectivity index (χ4v) is 3.60. The zero-order valence-corrected chi connectivity index (χ0v) is 17.6. The maximum Gasteiger partial charge on any atom is 0.282 e. The van der Waals surface area contributed by atoms with E-state index < -0.39 is 0 Å². The predicted octanol–water partition coefficient (Wildman–Crippen LogP) is 5.10. The molecule has 0 saturated heterocycles. The van der Waals surface area contributed by atoms with Crippen molar-refractivity contribution in [1.82, 2.24) is 19.7 Å².